The molecular weight excluding hydrogens is 398 g/mol. The predicted molar refractivity (Wildman–Crippen MR) is 122 cm³/mol. The van der Waals surface area contributed by atoms with E-state index in [0.29, 0.717) is 0 Å². The van der Waals surface area contributed by atoms with Gasteiger partial charge in [0.05, 0.1) is 29.0 Å². The topological polar surface area (TPSA) is 80.6 Å². The third-order valence-corrected chi connectivity index (χ3v) is 6.47. The molecule has 3 N–H and O–H groups in total. The summed E-state index contributed by atoms with van der Waals surface area (Å²) in [6.45, 7) is 7.36. The lowest BCUT2D eigenvalue weighted by Gasteiger charge is -2.22. The van der Waals surface area contributed by atoms with Crippen molar-refractivity contribution in [2.24, 2.45) is 5.73 Å². The van der Waals surface area contributed by atoms with Crippen LogP contribution in [0.15, 0.2) is 53.4 Å². The zero-order valence-electron chi connectivity index (χ0n) is 16.6. The second-order valence-electron chi connectivity index (χ2n) is 7.95. The molecule has 148 valence electrons. The van der Waals surface area contributed by atoms with Crippen LogP contribution in [0, 0.1) is 5.41 Å². The Balaban J connectivity index is 1.71. The van der Waals surface area contributed by atoms with Crippen molar-refractivity contribution in [3.05, 3.63) is 69.5 Å². The molecule has 0 saturated heterocycles. The standard InChI is InChI=1S/C22H23N5S2/c1-22(2,3)19-16(10-25-27(19)11-14-7-5-4-6-8-14)17-13-29-21(26-17)15-9-18(20(23)24)28-12-15/h4-10,12-13H,11H2,1-3H3,(H3,23,24). The van der Waals surface area contributed by atoms with Crippen LogP contribution in [0.1, 0.15) is 36.9 Å². The fourth-order valence-corrected chi connectivity index (χ4v) is 5.00. The molecule has 1 aromatic carbocycles. The molecule has 0 radical (unpaired) electrons. The summed E-state index contributed by atoms with van der Waals surface area (Å²) in [5.41, 5.74) is 10.9. The number of nitrogens with zero attached hydrogens (tertiary/aromatic N) is 3. The van der Waals surface area contributed by atoms with Gasteiger partial charge in [-0.3, -0.25) is 10.1 Å². The summed E-state index contributed by atoms with van der Waals surface area (Å²) >= 11 is 3.07. The number of nitrogens with two attached hydrogens (primary N) is 1. The van der Waals surface area contributed by atoms with Crippen molar-refractivity contribution in [2.45, 2.75) is 32.7 Å². The summed E-state index contributed by atoms with van der Waals surface area (Å²) in [4.78, 5) is 5.64. The SMILES string of the molecule is CC(C)(C)c1c(-c2csc(-c3csc(C(=N)N)c3)n2)cnn1Cc1ccccc1. The molecule has 3 heterocycles. The maximum atomic E-state index is 7.60. The van der Waals surface area contributed by atoms with Gasteiger partial charge in [-0.1, -0.05) is 51.1 Å². The molecule has 0 saturated carbocycles. The van der Waals surface area contributed by atoms with Crippen LogP contribution in [0.2, 0.25) is 0 Å². The van der Waals surface area contributed by atoms with E-state index in [1.54, 1.807) is 11.3 Å². The second-order valence-corrected chi connectivity index (χ2v) is 9.72. The molecule has 0 aliphatic rings. The lowest BCUT2D eigenvalue weighted by Crippen LogP contribution is -2.20. The molecule has 0 aliphatic heterocycles. The Morgan fingerprint density at radius 3 is 2.55 bits per heavy atom. The molecule has 0 bridgehead atoms. The van der Waals surface area contributed by atoms with E-state index in [9.17, 15) is 0 Å². The Morgan fingerprint density at radius 2 is 1.90 bits per heavy atom. The van der Waals surface area contributed by atoms with Crippen LogP contribution in [0.25, 0.3) is 21.8 Å². The molecule has 0 spiro atoms. The monoisotopic (exact) mass is 421 g/mol. The summed E-state index contributed by atoms with van der Waals surface area (Å²) < 4.78 is 2.09. The minimum absolute atomic E-state index is 0.0748. The van der Waals surface area contributed by atoms with E-state index in [2.05, 4.69) is 55.1 Å². The highest BCUT2D eigenvalue weighted by Gasteiger charge is 2.26. The van der Waals surface area contributed by atoms with Gasteiger partial charge in [-0.2, -0.15) is 5.10 Å². The van der Waals surface area contributed by atoms with Crippen LogP contribution >= 0.6 is 22.7 Å². The fourth-order valence-electron chi connectivity index (χ4n) is 3.36. The number of thiazole rings is 1. The van der Waals surface area contributed by atoms with E-state index in [1.807, 2.05) is 23.7 Å². The summed E-state index contributed by atoms with van der Waals surface area (Å²) in [6, 6.07) is 12.3. The maximum absolute atomic E-state index is 7.60. The number of aromatic nitrogens is 3. The zero-order chi connectivity index (χ0) is 20.6. The Hall–Kier alpha value is -2.77. The van der Waals surface area contributed by atoms with E-state index in [1.165, 1.54) is 22.6 Å². The first-order valence-corrected chi connectivity index (χ1v) is 11.1. The highest BCUT2D eigenvalue weighted by molar-refractivity contribution is 7.15. The van der Waals surface area contributed by atoms with Gasteiger partial charge in [0.2, 0.25) is 0 Å². The quantitative estimate of drug-likeness (QED) is 0.336. The largest absolute Gasteiger partial charge is 0.383 e. The first kappa shape index (κ1) is 19.5. The molecule has 0 fully saturated rings. The van der Waals surface area contributed by atoms with Crippen LogP contribution in [-0.2, 0) is 12.0 Å². The number of nitrogen functional groups attached to an aromatic ring is 1. The van der Waals surface area contributed by atoms with Gasteiger partial charge in [0.1, 0.15) is 10.8 Å². The number of amidine groups is 1. The summed E-state index contributed by atoms with van der Waals surface area (Å²) in [7, 11) is 0. The van der Waals surface area contributed by atoms with Gasteiger partial charge in [0.25, 0.3) is 0 Å². The Kier molecular flexibility index (Phi) is 5.10. The highest BCUT2D eigenvalue weighted by atomic mass is 32.1. The molecule has 3 aromatic heterocycles. The molecule has 0 atom stereocenters. The fraction of sp³-hybridized carbons (Fsp3) is 0.227. The van der Waals surface area contributed by atoms with Crippen molar-refractivity contribution in [1.82, 2.24) is 14.8 Å². The molecule has 4 rings (SSSR count). The minimum Gasteiger partial charge on any atom is -0.383 e. The van der Waals surface area contributed by atoms with Gasteiger partial charge in [-0.25, -0.2) is 4.98 Å². The van der Waals surface area contributed by atoms with Crippen molar-refractivity contribution < 1.29 is 0 Å². The summed E-state index contributed by atoms with van der Waals surface area (Å²) in [6.07, 6.45) is 1.93. The number of nitrogens with one attached hydrogen (secondary N) is 1. The molecule has 0 aliphatic carbocycles. The van der Waals surface area contributed by atoms with Crippen LogP contribution in [-0.4, -0.2) is 20.6 Å². The van der Waals surface area contributed by atoms with Gasteiger partial charge in [0.15, 0.2) is 0 Å². The van der Waals surface area contributed by atoms with Crippen LogP contribution < -0.4 is 5.73 Å². The van der Waals surface area contributed by atoms with Gasteiger partial charge in [-0.15, -0.1) is 22.7 Å². The Morgan fingerprint density at radius 1 is 1.14 bits per heavy atom. The third kappa shape index (κ3) is 4.02. The molecule has 0 amide bonds. The maximum Gasteiger partial charge on any atom is 0.133 e. The zero-order valence-corrected chi connectivity index (χ0v) is 18.3. The number of benzene rings is 1. The molecule has 5 nitrogen and oxygen atoms in total. The molecule has 0 unspecified atom stereocenters. The predicted octanol–water partition coefficient (Wildman–Crippen LogP) is 5.36. The summed E-state index contributed by atoms with van der Waals surface area (Å²) in [5, 5.41) is 17.3. The summed E-state index contributed by atoms with van der Waals surface area (Å²) in [5.74, 6) is 0.0928. The lowest BCUT2D eigenvalue weighted by molar-refractivity contribution is 0.507. The van der Waals surface area contributed by atoms with E-state index >= 15 is 0 Å². The number of rotatable bonds is 5. The molecular formula is C22H23N5S2. The first-order chi connectivity index (χ1) is 13.8. The van der Waals surface area contributed by atoms with Crippen molar-refractivity contribution in [3.63, 3.8) is 0 Å². The third-order valence-electron chi connectivity index (χ3n) is 4.62. The average molecular weight is 422 g/mol. The van der Waals surface area contributed by atoms with Crippen molar-refractivity contribution in [3.8, 4) is 21.8 Å². The highest BCUT2D eigenvalue weighted by Crippen LogP contribution is 2.36. The molecule has 29 heavy (non-hydrogen) atoms. The number of thiophene rings is 1. The number of hydrogen-bond donors (Lipinski definition) is 2. The van der Waals surface area contributed by atoms with Crippen LogP contribution in [0.3, 0.4) is 0 Å². The lowest BCUT2D eigenvalue weighted by atomic mass is 9.88. The van der Waals surface area contributed by atoms with Crippen molar-refractivity contribution >= 4 is 28.5 Å². The van der Waals surface area contributed by atoms with E-state index in [-0.39, 0.29) is 11.3 Å². The average Bonchev–Trinajstić information content (AvgIpc) is 3.40. The van der Waals surface area contributed by atoms with Crippen molar-refractivity contribution in [2.75, 3.05) is 0 Å². The van der Waals surface area contributed by atoms with E-state index in [4.69, 9.17) is 21.2 Å². The van der Waals surface area contributed by atoms with Crippen LogP contribution in [0.5, 0.6) is 0 Å². The van der Waals surface area contributed by atoms with E-state index in [0.717, 1.165) is 33.3 Å². The Bertz CT molecular complexity index is 1150. The number of hydrogen-bond acceptors (Lipinski definition) is 5. The Labute approximate surface area is 178 Å². The van der Waals surface area contributed by atoms with Gasteiger partial charge in [0, 0.05) is 27.3 Å². The van der Waals surface area contributed by atoms with Gasteiger partial charge >= 0.3 is 0 Å². The first-order valence-electron chi connectivity index (χ1n) is 9.32. The second kappa shape index (κ2) is 7.57. The van der Waals surface area contributed by atoms with Gasteiger partial charge in [-0.05, 0) is 11.6 Å². The smallest absolute Gasteiger partial charge is 0.133 e. The van der Waals surface area contributed by atoms with Gasteiger partial charge < -0.3 is 5.73 Å². The normalized spacial score (nSPS) is 11.7. The molecule has 4 aromatic rings. The van der Waals surface area contributed by atoms with E-state index < -0.39 is 0 Å². The van der Waals surface area contributed by atoms with Crippen LogP contribution in [0.4, 0.5) is 0 Å². The minimum atomic E-state index is -0.0748. The van der Waals surface area contributed by atoms with Crippen molar-refractivity contribution in [1.29, 1.82) is 5.41 Å². The molecule has 7 heteroatoms.